The number of hydrogen-bond acceptors (Lipinski definition) is 9. The minimum Gasteiger partial charge on any atom is -0.508 e. The van der Waals surface area contributed by atoms with Gasteiger partial charge in [-0.2, -0.15) is 0 Å². The molecule has 0 radical (unpaired) electrons. The molecule has 0 bridgehead atoms. The average Bonchev–Trinajstić information content (AvgIpc) is 2.62. The molecule has 1 aliphatic rings. The first kappa shape index (κ1) is 19.0. The molecule has 1 aliphatic heterocycles. The quantitative estimate of drug-likeness (QED) is 0.389. The summed E-state index contributed by atoms with van der Waals surface area (Å²) in [5.74, 6) is -1.66. The van der Waals surface area contributed by atoms with Crippen molar-refractivity contribution in [1.82, 2.24) is 0 Å². The van der Waals surface area contributed by atoms with Crippen molar-refractivity contribution in [2.24, 2.45) is 0 Å². The summed E-state index contributed by atoms with van der Waals surface area (Å²) in [5.41, 5.74) is 0.614. The molecule has 0 spiro atoms. The van der Waals surface area contributed by atoms with Gasteiger partial charge in [-0.05, 0) is 17.7 Å². The first-order valence-corrected chi connectivity index (χ1v) is 8.97. The third-order valence-electron chi connectivity index (χ3n) is 4.20. The van der Waals surface area contributed by atoms with Gasteiger partial charge in [0.2, 0.25) is 0 Å². The number of hydrogen-bond donors (Lipinski definition) is 5. The third kappa shape index (κ3) is 3.69. The topological polar surface area (TPSA) is 137 Å². The van der Waals surface area contributed by atoms with Crippen molar-refractivity contribution in [3.8, 4) is 28.7 Å². The third-order valence-corrected chi connectivity index (χ3v) is 5.48. The lowest BCUT2D eigenvalue weighted by molar-refractivity contribution is -0.137. The minimum atomic E-state index is -1.20. The molecule has 0 saturated heterocycles. The van der Waals surface area contributed by atoms with Gasteiger partial charge in [-0.25, -0.2) is 0 Å². The highest BCUT2D eigenvalue weighted by Crippen LogP contribution is 2.52. The molecule has 2 aromatic rings. The van der Waals surface area contributed by atoms with E-state index in [9.17, 15) is 30.3 Å². The molecule has 1 unspecified atom stereocenters. The molecule has 0 saturated carbocycles. The van der Waals surface area contributed by atoms with E-state index in [2.05, 4.69) is 4.74 Å². The molecule has 3 rings (SSSR count). The second-order valence-corrected chi connectivity index (χ2v) is 7.09. The van der Waals surface area contributed by atoms with E-state index in [-0.39, 0.29) is 40.1 Å². The number of methoxy groups -OCH3 is 1. The first-order valence-electron chi connectivity index (χ1n) is 7.92. The Morgan fingerprint density at radius 3 is 2.52 bits per heavy atom. The number of carbonyl (C=O) groups excluding carboxylic acids is 1. The molecule has 144 valence electrons. The largest absolute Gasteiger partial charge is 0.508 e. The van der Waals surface area contributed by atoms with Crippen LogP contribution < -0.4 is 4.74 Å². The molecule has 0 fully saturated rings. The fourth-order valence-corrected chi connectivity index (χ4v) is 4.08. The Kier molecular flexibility index (Phi) is 5.24. The lowest BCUT2D eigenvalue weighted by atomic mass is 9.93. The molecular weight excluding hydrogens is 376 g/mol. The van der Waals surface area contributed by atoms with Gasteiger partial charge in [0.25, 0.3) is 0 Å². The van der Waals surface area contributed by atoms with Gasteiger partial charge in [0.15, 0.2) is 17.6 Å². The maximum atomic E-state index is 11.5. The van der Waals surface area contributed by atoms with Crippen molar-refractivity contribution in [2.45, 2.75) is 17.5 Å². The minimum absolute atomic E-state index is 0.0778. The van der Waals surface area contributed by atoms with E-state index >= 15 is 0 Å². The Hall–Kier alpha value is -2.78. The van der Waals surface area contributed by atoms with E-state index in [1.165, 1.54) is 31.4 Å². The van der Waals surface area contributed by atoms with E-state index in [4.69, 9.17) is 4.74 Å². The van der Waals surface area contributed by atoms with Crippen molar-refractivity contribution < 1.29 is 39.8 Å². The Labute approximate surface area is 158 Å². The summed E-state index contributed by atoms with van der Waals surface area (Å²) in [6, 6.07) is 6.39. The van der Waals surface area contributed by atoms with E-state index in [0.717, 1.165) is 17.8 Å². The van der Waals surface area contributed by atoms with Crippen molar-refractivity contribution >= 4 is 17.7 Å². The number of benzene rings is 2. The van der Waals surface area contributed by atoms with Crippen LogP contribution in [0.5, 0.6) is 28.7 Å². The molecule has 2 aromatic carbocycles. The van der Waals surface area contributed by atoms with Gasteiger partial charge in [-0.3, -0.25) is 4.79 Å². The standard InChI is InChI=1S/C18H18O8S/c1-25-14(23)7-27-18-15-12(22)5-9(19)6-13(15)26-17(16(18)24)8-2-3-10(20)11(21)4-8/h2-6,16-22,24H,7H2,1H3/t16-,17-,18?/m1/s1. The molecule has 0 aliphatic carbocycles. The molecule has 27 heavy (non-hydrogen) atoms. The molecule has 0 aromatic heterocycles. The Morgan fingerprint density at radius 2 is 1.85 bits per heavy atom. The highest BCUT2D eigenvalue weighted by Gasteiger charge is 2.41. The molecule has 9 heteroatoms. The smallest absolute Gasteiger partial charge is 0.315 e. The number of aliphatic hydroxyl groups is 1. The molecule has 3 atom stereocenters. The summed E-state index contributed by atoms with van der Waals surface area (Å²) in [7, 11) is 1.24. The Bertz CT molecular complexity index is 869. The highest BCUT2D eigenvalue weighted by atomic mass is 32.2. The summed E-state index contributed by atoms with van der Waals surface area (Å²) in [6.45, 7) is 0. The number of ether oxygens (including phenoxy) is 2. The second kappa shape index (κ2) is 7.45. The maximum Gasteiger partial charge on any atom is 0.315 e. The number of thioether (sulfide) groups is 1. The average molecular weight is 394 g/mol. The van der Waals surface area contributed by atoms with Crippen LogP contribution >= 0.6 is 11.8 Å². The normalized spacial score (nSPS) is 21.2. The fourth-order valence-electron chi connectivity index (χ4n) is 2.90. The lowest BCUT2D eigenvalue weighted by Gasteiger charge is -2.37. The van der Waals surface area contributed by atoms with Gasteiger partial charge in [-0.1, -0.05) is 6.07 Å². The van der Waals surface area contributed by atoms with Crippen molar-refractivity contribution in [2.75, 3.05) is 12.9 Å². The Balaban J connectivity index is 2.03. The summed E-state index contributed by atoms with van der Waals surface area (Å²) in [4.78, 5) is 11.5. The fraction of sp³-hybridized carbons (Fsp3) is 0.278. The molecule has 1 heterocycles. The summed E-state index contributed by atoms with van der Waals surface area (Å²) in [5, 5.41) is 49.3. The van der Waals surface area contributed by atoms with Gasteiger partial charge in [0.1, 0.15) is 23.4 Å². The molecule has 5 N–H and O–H groups in total. The van der Waals surface area contributed by atoms with Crippen LogP contribution in [0.1, 0.15) is 22.5 Å². The SMILES string of the molecule is COC(=O)CSC1c2c(O)cc(O)cc2O[C@H](c2ccc(O)c(O)c2)[C@H]1O. The number of aromatic hydroxyl groups is 4. The number of phenolic OH excluding ortho intramolecular Hbond substituents is 4. The van der Waals surface area contributed by atoms with Crippen LogP contribution in [-0.2, 0) is 9.53 Å². The van der Waals surface area contributed by atoms with Crippen LogP contribution in [0.3, 0.4) is 0 Å². The zero-order valence-corrected chi connectivity index (χ0v) is 15.0. The van der Waals surface area contributed by atoms with Gasteiger partial charge >= 0.3 is 5.97 Å². The van der Waals surface area contributed by atoms with E-state index in [1.807, 2.05) is 0 Å². The number of esters is 1. The predicted molar refractivity (Wildman–Crippen MR) is 96.1 cm³/mol. The predicted octanol–water partition coefficient (Wildman–Crippen LogP) is 1.95. The van der Waals surface area contributed by atoms with Gasteiger partial charge in [-0.15, -0.1) is 11.8 Å². The highest BCUT2D eigenvalue weighted by molar-refractivity contribution is 8.00. The van der Waals surface area contributed by atoms with Crippen LogP contribution in [0.25, 0.3) is 0 Å². The number of aliphatic hydroxyl groups excluding tert-OH is 1. The maximum absolute atomic E-state index is 11.5. The van der Waals surface area contributed by atoms with Gasteiger partial charge in [0, 0.05) is 12.1 Å². The van der Waals surface area contributed by atoms with Gasteiger partial charge in [0.05, 0.1) is 23.7 Å². The van der Waals surface area contributed by atoms with Crippen LogP contribution in [-0.4, -0.2) is 50.5 Å². The summed E-state index contributed by atoms with van der Waals surface area (Å²) < 4.78 is 10.4. The molecule has 0 amide bonds. The van der Waals surface area contributed by atoms with Crippen LogP contribution in [0.2, 0.25) is 0 Å². The first-order chi connectivity index (χ1) is 12.8. The summed E-state index contributed by atoms with van der Waals surface area (Å²) in [6.07, 6.45) is -2.17. The van der Waals surface area contributed by atoms with Crippen LogP contribution in [0.4, 0.5) is 0 Å². The van der Waals surface area contributed by atoms with E-state index in [1.54, 1.807) is 0 Å². The van der Waals surface area contributed by atoms with Crippen LogP contribution in [0, 0.1) is 0 Å². The number of carbonyl (C=O) groups is 1. The van der Waals surface area contributed by atoms with E-state index in [0.29, 0.717) is 5.56 Å². The zero-order valence-electron chi connectivity index (χ0n) is 14.2. The number of phenols is 4. The molecule has 8 nitrogen and oxygen atoms in total. The van der Waals surface area contributed by atoms with Crippen molar-refractivity contribution in [1.29, 1.82) is 0 Å². The van der Waals surface area contributed by atoms with E-state index < -0.39 is 23.4 Å². The molecular formula is C18H18O8S. The Morgan fingerprint density at radius 1 is 1.11 bits per heavy atom. The second-order valence-electron chi connectivity index (χ2n) is 5.96. The monoisotopic (exact) mass is 394 g/mol. The van der Waals surface area contributed by atoms with Crippen molar-refractivity contribution in [3.63, 3.8) is 0 Å². The summed E-state index contributed by atoms with van der Waals surface area (Å²) >= 11 is 1.05. The van der Waals surface area contributed by atoms with Crippen molar-refractivity contribution in [3.05, 3.63) is 41.5 Å². The van der Waals surface area contributed by atoms with Crippen LogP contribution in [0.15, 0.2) is 30.3 Å². The number of fused-ring (bicyclic) bond motifs is 1. The van der Waals surface area contributed by atoms with Gasteiger partial charge < -0.3 is 35.0 Å². The number of rotatable bonds is 4. The zero-order chi connectivity index (χ0) is 19.7. The lowest BCUT2D eigenvalue weighted by Crippen LogP contribution is -2.33.